The Bertz CT molecular complexity index is 299. The number of hydrogen-bond acceptors (Lipinski definition) is 0. The van der Waals surface area contributed by atoms with Gasteiger partial charge in [0.15, 0.2) is 0 Å². The van der Waals surface area contributed by atoms with Crippen molar-refractivity contribution in [2.24, 2.45) is 11.8 Å². The molecule has 18 heavy (non-hydrogen) atoms. The molecule has 0 saturated heterocycles. The zero-order valence-corrected chi connectivity index (χ0v) is 15.1. The van der Waals surface area contributed by atoms with Gasteiger partial charge in [-0.3, -0.25) is 12.2 Å². The molecule has 0 aromatic heterocycles. The number of rotatable bonds is 2. The van der Waals surface area contributed by atoms with Crippen LogP contribution in [0.3, 0.4) is 0 Å². The fourth-order valence-corrected chi connectivity index (χ4v) is 1.64. The Balaban J connectivity index is 0. The minimum absolute atomic E-state index is 0. The van der Waals surface area contributed by atoms with Gasteiger partial charge in [-0.2, -0.15) is 12.2 Å². The van der Waals surface area contributed by atoms with E-state index in [1.54, 1.807) is 0 Å². The number of allylic oxidation sites excluding steroid dienone is 8. The topological polar surface area (TPSA) is 0 Å². The molecule has 0 heterocycles. The van der Waals surface area contributed by atoms with E-state index in [9.17, 15) is 0 Å². The fraction of sp³-hybridized carbons (Fsp3) is 0.500. The van der Waals surface area contributed by atoms with Crippen molar-refractivity contribution in [2.75, 3.05) is 0 Å². The van der Waals surface area contributed by atoms with Crippen molar-refractivity contribution in [1.29, 1.82) is 0 Å². The predicted molar refractivity (Wildman–Crippen MR) is 78.0 cm³/mol. The summed E-state index contributed by atoms with van der Waals surface area (Å²) in [7, 11) is 0. The minimum Gasteiger partial charge on any atom is -0.269 e. The van der Waals surface area contributed by atoms with E-state index in [0.717, 1.165) is 12.8 Å². The van der Waals surface area contributed by atoms with Crippen molar-refractivity contribution in [3.63, 3.8) is 0 Å². The molecule has 2 aliphatic carbocycles. The molecule has 2 rings (SSSR count). The van der Waals surface area contributed by atoms with E-state index >= 15 is 0 Å². The second-order valence-electron chi connectivity index (χ2n) is 4.79. The first-order chi connectivity index (χ1) is 7.61. The largest absolute Gasteiger partial charge is 2.00 e. The van der Waals surface area contributed by atoms with Gasteiger partial charge in [0.1, 0.15) is 0 Å². The molecule has 0 aromatic rings. The maximum atomic E-state index is 3.26. The first-order valence-electron chi connectivity index (χ1n) is 6.15. The van der Waals surface area contributed by atoms with Crippen molar-refractivity contribution in [3.8, 4) is 0 Å². The molecule has 0 fully saturated rings. The van der Waals surface area contributed by atoms with Gasteiger partial charge < -0.3 is 0 Å². The van der Waals surface area contributed by atoms with Gasteiger partial charge in [0.2, 0.25) is 0 Å². The Hall–Kier alpha value is 0.133. The van der Waals surface area contributed by atoms with Crippen LogP contribution in [0.15, 0.2) is 35.5 Å². The molecular weight excluding hydrogens is 319 g/mol. The first-order valence-corrected chi connectivity index (χ1v) is 6.15. The summed E-state index contributed by atoms with van der Waals surface area (Å²) >= 11 is 0. The molecule has 2 aliphatic rings. The van der Waals surface area contributed by atoms with Crippen molar-refractivity contribution in [1.82, 2.24) is 0 Å². The van der Waals surface area contributed by atoms with Gasteiger partial charge >= 0.3 is 26.2 Å². The maximum absolute atomic E-state index is 3.26. The van der Waals surface area contributed by atoms with Gasteiger partial charge in [-0.05, 0) is 0 Å². The standard InChI is InChI=1S/2C8H11.ClH.Zr/c2*1-7(2)8-5-3-4-6-8;;/h2*3,5,7H,4H2,1-2H3;1H;/q2*-1;;+2. The summed E-state index contributed by atoms with van der Waals surface area (Å²) in [6.07, 6.45) is 17.2. The Morgan fingerprint density at radius 2 is 1.17 bits per heavy atom. The van der Waals surface area contributed by atoms with E-state index in [-0.39, 0.29) is 38.6 Å². The Labute approximate surface area is 138 Å². The van der Waals surface area contributed by atoms with Crippen molar-refractivity contribution < 1.29 is 26.2 Å². The van der Waals surface area contributed by atoms with E-state index in [1.165, 1.54) is 11.1 Å². The van der Waals surface area contributed by atoms with Gasteiger partial charge in [0.25, 0.3) is 0 Å². The van der Waals surface area contributed by atoms with E-state index in [2.05, 4.69) is 64.2 Å². The normalized spacial score (nSPS) is 15.7. The van der Waals surface area contributed by atoms with E-state index in [0.29, 0.717) is 11.8 Å². The molecule has 0 aromatic carbocycles. The third-order valence-electron chi connectivity index (χ3n) is 2.69. The Kier molecular flexibility index (Phi) is 12.5. The zero-order chi connectivity index (χ0) is 12.0. The van der Waals surface area contributed by atoms with Gasteiger partial charge in [0, 0.05) is 0 Å². The fourth-order valence-electron chi connectivity index (χ4n) is 1.64. The van der Waals surface area contributed by atoms with Gasteiger partial charge in [-0.25, -0.2) is 23.3 Å². The van der Waals surface area contributed by atoms with Gasteiger partial charge in [-0.1, -0.05) is 39.5 Å². The maximum Gasteiger partial charge on any atom is 2.00 e. The molecule has 98 valence electrons. The summed E-state index contributed by atoms with van der Waals surface area (Å²) in [4.78, 5) is 0. The number of halogens is 1. The summed E-state index contributed by atoms with van der Waals surface area (Å²) in [5.74, 6) is 1.32. The molecule has 0 aliphatic heterocycles. The average molecular weight is 342 g/mol. The van der Waals surface area contributed by atoms with Crippen LogP contribution >= 0.6 is 12.4 Å². The van der Waals surface area contributed by atoms with Crippen LogP contribution in [0.5, 0.6) is 0 Å². The molecule has 0 radical (unpaired) electrons. The third-order valence-corrected chi connectivity index (χ3v) is 2.69. The summed E-state index contributed by atoms with van der Waals surface area (Å²) in [5, 5.41) is 0. The van der Waals surface area contributed by atoms with E-state index < -0.39 is 0 Å². The smallest absolute Gasteiger partial charge is 0.269 e. The van der Waals surface area contributed by atoms with Gasteiger partial charge in [-0.15, -0.1) is 25.2 Å². The SMILES string of the molecule is CC(C)C1=[C-]CC=C1.CC(C)C1=[C-]CC=C1.Cl.[Zr+2]. The van der Waals surface area contributed by atoms with Crippen LogP contribution in [-0.2, 0) is 26.2 Å². The second-order valence-corrected chi connectivity index (χ2v) is 4.79. The average Bonchev–Trinajstić information content (AvgIpc) is 2.93. The second kappa shape index (κ2) is 11.0. The Morgan fingerprint density at radius 1 is 0.833 bits per heavy atom. The monoisotopic (exact) mass is 340 g/mol. The summed E-state index contributed by atoms with van der Waals surface area (Å²) in [5.41, 5.74) is 2.73. The molecule has 0 bridgehead atoms. The summed E-state index contributed by atoms with van der Waals surface area (Å²) in [6.45, 7) is 8.77. The van der Waals surface area contributed by atoms with Crippen LogP contribution in [0.1, 0.15) is 40.5 Å². The third kappa shape index (κ3) is 7.54. The van der Waals surface area contributed by atoms with Crippen LogP contribution in [0.4, 0.5) is 0 Å². The molecule has 0 unspecified atom stereocenters. The van der Waals surface area contributed by atoms with E-state index in [1.807, 2.05) is 0 Å². The summed E-state index contributed by atoms with van der Waals surface area (Å²) < 4.78 is 0. The number of hydrogen-bond donors (Lipinski definition) is 0. The molecule has 0 nitrogen and oxygen atoms in total. The zero-order valence-electron chi connectivity index (χ0n) is 11.8. The molecule has 0 atom stereocenters. The van der Waals surface area contributed by atoms with E-state index in [4.69, 9.17) is 0 Å². The molecular formula is C16H23ClZr. The van der Waals surface area contributed by atoms with Crippen LogP contribution in [0.2, 0.25) is 0 Å². The van der Waals surface area contributed by atoms with Gasteiger partial charge in [0.05, 0.1) is 0 Å². The molecule has 2 heteroatoms. The summed E-state index contributed by atoms with van der Waals surface area (Å²) in [6, 6.07) is 0. The molecule has 0 spiro atoms. The first kappa shape index (κ1) is 20.5. The van der Waals surface area contributed by atoms with Crippen LogP contribution in [0, 0.1) is 24.0 Å². The van der Waals surface area contributed by atoms with Crippen LogP contribution < -0.4 is 0 Å². The predicted octanol–water partition coefficient (Wildman–Crippen LogP) is 5.08. The molecule has 0 N–H and O–H groups in total. The van der Waals surface area contributed by atoms with Crippen molar-refractivity contribution in [3.05, 3.63) is 47.6 Å². The Morgan fingerprint density at radius 3 is 1.28 bits per heavy atom. The van der Waals surface area contributed by atoms with Crippen molar-refractivity contribution >= 4 is 12.4 Å². The molecule has 0 saturated carbocycles. The van der Waals surface area contributed by atoms with Crippen LogP contribution in [0.25, 0.3) is 0 Å². The molecule has 0 amide bonds. The quantitative estimate of drug-likeness (QED) is 0.614. The van der Waals surface area contributed by atoms with Crippen LogP contribution in [-0.4, -0.2) is 0 Å². The van der Waals surface area contributed by atoms with Crippen molar-refractivity contribution in [2.45, 2.75) is 40.5 Å². The minimum atomic E-state index is 0.